The van der Waals surface area contributed by atoms with Gasteiger partial charge in [0.05, 0.1) is 5.69 Å². The first-order valence-electron chi connectivity index (χ1n) is 5.75. The van der Waals surface area contributed by atoms with Crippen LogP contribution in [0.1, 0.15) is 32.8 Å². The van der Waals surface area contributed by atoms with E-state index in [2.05, 4.69) is 36.8 Å². The van der Waals surface area contributed by atoms with Gasteiger partial charge in [0.15, 0.2) is 0 Å². The third kappa shape index (κ3) is 4.34. The highest BCUT2D eigenvalue weighted by atomic mass is 16.2. The third-order valence-electron chi connectivity index (χ3n) is 2.27. The normalized spacial score (nSPS) is 10.2. The number of benzene rings is 1. The molecule has 0 heterocycles. The largest absolute Gasteiger partial charge is 0.299 e. The second-order valence-electron chi connectivity index (χ2n) is 4.32. The molecule has 1 aromatic carbocycles. The highest BCUT2D eigenvalue weighted by Crippen LogP contribution is 2.12. The number of rotatable bonds is 5. The van der Waals surface area contributed by atoms with Crippen LogP contribution in [0.4, 0.5) is 5.69 Å². The summed E-state index contributed by atoms with van der Waals surface area (Å²) in [5, 5.41) is 0. The summed E-state index contributed by atoms with van der Waals surface area (Å²) in [6.07, 6.45) is 1.57. The van der Waals surface area contributed by atoms with Crippen LogP contribution in [0, 0.1) is 5.92 Å². The lowest BCUT2D eigenvalue weighted by atomic mass is 10.0. The van der Waals surface area contributed by atoms with E-state index in [0.717, 1.165) is 12.1 Å². The topological polar surface area (TPSA) is 41.1 Å². The van der Waals surface area contributed by atoms with Gasteiger partial charge in [-0.25, -0.2) is 0 Å². The zero-order valence-corrected chi connectivity index (χ0v) is 10.2. The van der Waals surface area contributed by atoms with Gasteiger partial charge < -0.3 is 0 Å². The summed E-state index contributed by atoms with van der Waals surface area (Å²) in [5.41, 5.74) is 7.73. The maximum atomic E-state index is 11.0. The van der Waals surface area contributed by atoms with Crippen LogP contribution in [0.5, 0.6) is 0 Å². The Hall–Kier alpha value is -1.51. The molecule has 0 aromatic heterocycles. The predicted molar refractivity (Wildman–Crippen MR) is 67.0 cm³/mol. The molecule has 3 heteroatoms. The molecule has 88 valence electrons. The van der Waals surface area contributed by atoms with E-state index in [0.29, 0.717) is 12.3 Å². The molecule has 0 bridgehead atoms. The van der Waals surface area contributed by atoms with Gasteiger partial charge in [-0.3, -0.25) is 15.6 Å². The van der Waals surface area contributed by atoms with Crippen molar-refractivity contribution in [2.45, 2.75) is 33.6 Å². The van der Waals surface area contributed by atoms with Crippen LogP contribution in [-0.2, 0) is 11.2 Å². The Morgan fingerprint density at radius 2 is 1.88 bits per heavy atom. The molecule has 0 saturated carbocycles. The molecule has 0 aliphatic rings. The molecule has 0 unspecified atom stereocenters. The summed E-state index contributed by atoms with van der Waals surface area (Å²) >= 11 is 0. The van der Waals surface area contributed by atoms with Gasteiger partial charge in [-0.05, 0) is 30.0 Å². The Labute approximate surface area is 97.2 Å². The van der Waals surface area contributed by atoms with Crippen molar-refractivity contribution in [3.05, 3.63) is 29.8 Å². The van der Waals surface area contributed by atoms with E-state index in [4.69, 9.17) is 0 Å². The second-order valence-corrected chi connectivity index (χ2v) is 4.32. The SMILES string of the molecule is CCC(=O)NNc1ccc(CC(C)C)cc1. The second kappa shape index (κ2) is 6.16. The zero-order valence-electron chi connectivity index (χ0n) is 10.2. The Kier molecular flexibility index (Phi) is 4.83. The molecule has 0 atom stereocenters. The summed E-state index contributed by atoms with van der Waals surface area (Å²) in [5.74, 6) is 0.657. The van der Waals surface area contributed by atoms with Gasteiger partial charge in [-0.2, -0.15) is 0 Å². The molecule has 1 amide bonds. The fraction of sp³-hybridized carbons (Fsp3) is 0.462. The summed E-state index contributed by atoms with van der Waals surface area (Å²) in [6, 6.07) is 8.13. The highest BCUT2D eigenvalue weighted by molar-refractivity contribution is 5.76. The number of amides is 1. The molecule has 0 fully saturated rings. The van der Waals surface area contributed by atoms with Gasteiger partial charge in [0, 0.05) is 6.42 Å². The van der Waals surface area contributed by atoms with Gasteiger partial charge in [-0.15, -0.1) is 0 Å². The van der Waals surface area contributed by atoms with Crippen molar-refractivity contribution in [2.75, 3.05) is 5.43 Å². The smallest absolute Gasteiger partial charge is 0.238 e. The van der Waals surface area contributed by atoms with Gasteiger partial charge >= 0.3 is 0 Å². The van der Waals surface area contributed by atoms with E-state index in [1.165, 1.54) is 5.56 Å². The summed E-state index contributed by atoms with van der Waals surface area (Å²) in [4.78, 5) is 11.0. The van der Waals surface area contributed by atoms with Crippen LogP contribution in [0.25, 0.3) is 0 Å². The molecule has 0 aliphatic carbocycles. The Morgan fingerprint density at radius 1 is 1.25 bits per heavy atom. The quantitative estimate of drug-likeness (QED) is 0.749. The first-order chi connectivity index (χ1) is 7.61. The number of anilines is 1. The average molecular weight is 220 g/mol. The number of nitrogens with one attached hydrogen (secondary N) is 2. The van der Waals surface area contributed by atoms with Crippen LogP contribution >= 0.6 is 0 Å². The molecule has 1 rings (SSSR count). The molecule has 0 spiro atoms. The third-order valence-corrected chi connectivity index (χ3v) is 2.27. The van der Waals surface area contributed by atoms with Gasteiger partial charge in [0.1, 0.15) is 0 Å². The van der Waals surface area contributed by atoms with Crippen molar-refractivity contribution in [3.63, 3.8) is 0 Å². The Balaban J connectivity index is 2.48. The Bertz CT molecular complexity index is 330. The van der Waals surface area contributed by atoms with Crippen LogP contribution < -0.4 is 10.9 Å². The predicted octanol–water partition coefficient (Wildman–Crippen LogP) is 2.74. The van der Waals surface area contributed by atoms with Crippen LogP contribution in [0.15, 0.2) is 24.3 Å². The van der Waals surface area contributed by atoms with E-state index in [-0.39, 0.29) is 5.91 Å². The number of hydrogen-bond donors (Lipinski definition) is 2. The van der Waals surface area contributed by atoms with Crippen molar-refractivity contribution >= 4 is 11.6 Å². The summed E-state index contributed by atoms with van der Waals surface area (Å²) in [7, 11) is 0. The molecule has 16 heavy (non-hydrogen) atoms. The van der Waals surface area contributed by atoms with Crippen LogP contribution in [0.3, 0.4) is 0 Å². The monoisotopic (exact) mass is 220 g/mol. The van der Waals surface area contributed by atoms with Crippen LogP contribution in [-0.4, -0.2) is 5.91 Å². The number of hydrogen-bond acceptors (Lipinski definition) is 2. The van der Waals surface area contributed by atoms with Crippen molar-refractivity contribution in [1.82, 2.24) is 5.43 Å². The van der Waals surface area contributed by atoms with E-state index < -0.39 is 0 Å². The van der Waals surface area contributed by atoms with Crippen molar-refractivity contribution < 1.29 is 4.79 Å². The molecule has 0 saturated heterocycles. The number of carbonyl (C=O) groups excluding carboxylic acids is 1. The van der Waals surface area contributed by atoms with E-state index in [1.54, 1.807) is 0 Å². The lowest BCUT2D eigenvalue weighted by Crippen LogP contribution is -2.28. The minimum atomic E-state index is -0.00810. The first kappa shape index (κ1) is 12.6. The summed E-state index contributed by atoms with van der Waals surface area (Å²) in [6.45, 7) is 6.23. The van der Waals surface area contributed by atoms with Gasteiger partial charge in [0.2, 0.25) is 5.91 Å². The minimum absolute atomic E-state index is 0.00810. The standard InChI is InChI=1S/C13H20N2O/c1-4-13(16)15-14-12-7-5-11(6-8-12)9-10(2)3/h5-8,10,14H,4,9H2,1-3H3,(H,15,16). The molecule has 2 N–H and O–H groups in total. The maximum Gasteiger partial charge on any atom is 0.238 e. The van der Waals surface area contributed by atoms with Crippen molar-refractivity contribution in [1.29, 1.82) is 0 Å². The van der Waals surface area contributed by atoms with Crippen LogP contribution in [0.2, 0.25) is 0 Å². The average Bonchev–Trinajstić information content (AvgIpc) is 2.27. The van der Waals surface area contributed by atoms with E-state index >= 15 is 0 Å². The fourth-order valence-electron chi connectivity index (χ4n) is 1.43. The minimum Gasteiger partial charge on any atom is -0.299 e. The van der Waals surface area contributed by atoms with Gasteiger partial charge in [0.25, 0.3) is 0 Å². The summed E-state index contributed by atoms with van der Waals surface area (Å²) < 4.78 is 0. The molecular weight excluding hydrogens is 200 g/mol. The highest BCUT2D eigenvalue weighted by Gasteiger charge is 1.99. The molecule has 3 nitrogen and oxygen atoms in total. The van der Waals surface area contributed by atoms with Gasteiger partial charge in [-0.1, -0.05) is 32.9 Å². The zero-order chi connectivity index (χ0) is 12.0. The fourth-order valence-corrected chi connectivity index (χ4v) is 1.43. The molecule has 0 aliphatic heterocycles. The molecule has 1 aromatic rings. The lowest BCUT2D eigenvalue weighted by molar-refractivity contribution is -0.120. The van der Waals surface area contributed by atoms with E-state index in [1.807, 2.05) is 19.1 Å². The van der Waals surface area contributed by atoms with E-state index in [9.17, 15) is 4.79 Å². The number of carbonyl (C=O) groups is 1. The lowest BCUT2D eigenvalue weighted by Gasteiger charge is -2.09. The maximum absolute atomic E-state index is 11.0. The molecule has 0 radical (unpaired) electrons. The molecular formula is C13H20N2O. The van der Waals surface area contributed by atoms with Crippen molar-refractivity contribution in [2.24, 2.45) is 5.92 Å². The first-order valence-corrected chi connectivity index (χ1v) is 5.75. The number of hydrazine groups is 1. The Morgan fingerprint density at radius 3 is 2.38 bits per heavy atom. The van der Waals surface area contributed by atoms with Crippen molar-refractivity contribution in [3.8, 4) is 0 Å².